The molecule has 2 fully saturated rings. The zero-order chi connectivity index (χ0) is 13.3. The molecule has 0 radical (unpaired) electrons. The summed E-state index contributed by atoms with van der Waals surface area (Å²) in [4.78, 5) is 0. The van der Waals surface area contributed by atoms with E-state index in [2.05, 4.69) is 5.32 Å². The highest BCUT2D eigenvalue weighted by molar-refractivity contribution is 7.89. The summed E-state index contributed by atoms with van der Waals surface area (Å²) in [5.41, 5.74) is 0. The van der Waals surface area contributed by atoms with Crippen LogP contribution in [-0.2, 0) is 14.8 Å². The maximum Gasteiger partial charge on any atom is 0.218 e. The van der Waals surface area contributed by atoms with Crippen molar-refractivity contribution in [3.63, 3.8) is 0 Å². The average Bonchev–Trinajstić information content (AvgIpc) is 3.06. The lowest BCUT2D eigenvalue weighted by Gasteiger charge is -2.29. The van der Waals surface area contributed by atoms with Gasteiger partial charge < -0.3 is 10.1 Å². The Hall–Kier alpha value is -0.170. The van der Waals surface area contributed by atoms with Crippen molar-refractivity contribution in [1.82, 2.24) is 9.62 Å². The molecule has 0 aromatic rings. The Bertz CT molecular complexity index is 381. The highest BCUT2D eigenvalue weighted by Crippen LogP contribution is 2.23. The van der Waals surface area contributed by atoms with Gasteiger partial charge in [-0.25, -0.2) is 8.42 Å². The predicted molar refractivity (Wildman–Crippen MR) is 71.0 cm³/mol. The van der Waals surface area contributed by atoms with Gasteiger partial charge in [-0.05, 0) is 33.1 Å². The second-order valence-corrected chi connectivity index (χ2v) is 7.90. The van der Waals surface area contributed by atoms with Gasteiger partial charge in [0.2, 0.25) is 10.0 Å². The molecule has 1 saturated carbocycles. The molecule has 1 aliphatic carbocycles. The van der Waals surface area contributed by atoms with Gasteiger partial charge in [0.1, 0.15) is 0 Å². The van der Waals surface area contributed by atoms with Gasteiger partial charge in [0.05, 0.1) is 17.4 Å². The van der Waals surface area contributed by atoms with Crippen LogP contribution < -0.4 is 5.32 Å². The van der Waals surface area contributed by atoms with Crippen LogP contribution in [0.1, 0.15) is 33.1 Å². The number of sulfonamides is 1. The van der Waals surface area contributed by atoms with E-state index in [1.54, 1.807) is 14.0 Å². The molecule has 1 aliphatic heterocycles. The normalized spacial score (nSPS) is 30.9. The summed E-state index contributed by atoms with van der Waals surface area (Å²) in [6.45, 7) is 4.91. The first-order chi connectivity index (χ1) is 8.43. The van der Waals surface area contributed by atoms with Gasteiger partial charge in [0.25, 0.3) is 0 Å². The Labute approximate surface area is 110 Å². The smallest absolute Gasteiger partial charge is 0.218 e. The Morgan fingerprint density at radius 1 is 1.39 bits per heavy atom. The quantitative estimate of drug-likeness (QED) is 0.770. The van der Waals surface area contributed by atoms with E-state index in [-0.39, 0.29) is 17.4 Å². The fourth-order valence-electron chi connectivity index (χ4n) is 2.40. The molecule has 0 spiro atoms. The molecule has 0 bridgehead atoms. The first kappa shape index (κ1) is 14.2. The minimum Gasteiger partial charge on any atom is -0.377 e. The zero-order valence-corrected chi connectivity index (χ0v) is 12.2. The summed E-state index contributed by atoms with van der Waals surface area (Å²) in [5.74, 6) is 0. The Balaban J connectivity index is 1.94. The molecule has 6 heteroatoms. The third kappa shape index (κ3) is 3.04. The van der Waals surface area contributed by atoms with Gasteiger partial charge >= 0.3 is 0 Å². The van der Waals surface area contributed by atoms with E-state index in [4.69, 9.17) is 4.74 Å². The van der Waals surface area contributed by atoms with Crippen molar-refractivity contribution in [2.75, 3.05) is 20.2 Å². The lowest BCUT2D eigenvalue weighted by Crippen LogP contribution is -2.47. The standard InChI is InChI=1S/C12H24N2O3S/c1-9(8-13-11-4-5-11)18(15,16)14(3)12-6-7-17-10(12)2/h9-13H,4-8H2,1-3H3. The van der Waals surface area contributed by atoms with Crippen molar-refractivity contribution >= 4 is 10.0 Å². The molecule has 18 heavy (non-hydrogen) atoms. The maximum atomic E-state index is 12.4. The first-order valence-electron chi connectivity index (χ1n) is 6.74. The van der Waals surface area contributed by atoms with Crippen LogP contribution in [0.25, 0.3) is 0 Å². The average molecular weight is 276 g/mol. The summed E-state index contributed by atoms with van der Waals surface area (Å²) < 4.78 is 31.8. The van der Waals surface area contributed by atoms with E-state index < -0.39 is 10.0 Å². The SMILES string of the molecule is CC1OCCC1N(C)S(=O)(=O)C(C)CNC1CC1. The molecule has 1 saturated heterocycles. The van der Waals surface area contributed by atoms with Gasteiger partial charge in [0.15, 0.2) is 0 Å². The Kier molecular flexibility index (Phi) is 4.31. The summed E-state index contributed by atoms with van der Waals surface area (Å²) in [6, 6.07) is 0.528. The second kappa shape index (κ2) is 5.45. The van der Waals surface area contributed by atoms with Crippen LogP contribution in [0.3, 0.4) is 0 Å². The van der Waals surface area contributed by atoms with Crippen LogP contribution in [-0.4, -0.2) is 56.4 Å². The molecule has 3 unspecified atom stereocenters. The number of ether oxygens (including phenoxy) is 1. The minimum atomic E-state index is -3.23. The summed E-state index contributed by atoms with van der Waals surface area (Å²) in [6.07, 6.45) is 3.14. The summed E-state index contributed by atoms with van der Waals surface area (Å²) >= 11 is 0. The van der Waals surface area contributed by atoms with Crippen LogP contribution in [0.15, 0.2) is 0 Å². The van der Waals surface area contributed by atoms with E-state index in [0.717, 1.165) is 6.42 Å². The first-order valence-corrected chi connectivity index (χ1v) is 8.25. The van der Waals surface area contributed by atoms with Gasteiger partial charge in [-0.15, -0.1) is 0 Å². The van der Waals surface area contributed by atoms with Crippen LogP contribution in [0.2, 0.25) is 0 Å². The number of hydrogen-bond acceptors (Lipinski definition) is 4. The topological polar surface area (TPSA) is 58.6 Å². The van der Waals surface area contributed by atoms with Crippen molar-refractivity contribution in [1.29, 1.82) is 0 Å². The monoisotopic (exact) mass is 276 g/mol. The van der Waals surface area contributed by atoms with E-state index in [9.17, 15) is 8.42 Å². The Morgan fingerprint density at radius 3 is 2.56 bits per heavy atom. The fraction of sp³-hybridized carbons (Fsp3) is 1.00. The molecule has 1 heterocycles. The van der Waals surface area contributed by atoms with Crippen molar-refractivity contribution in [2.24, 2.45) is 0 Å². The van der Waals surface area contributed by atoms with E-state index in [1.807, 2.05) is 6.92 Å². The third-order valence-electron chi connectivity index (χ3n) is 3.98. The van der Waals surface area contributed by atoms with Crippen LogP contribution >= 0.6 is 0 Å². The maximum absolute atomic E-state index is 12.4. The van der Waals surface area contributed by atoms with Crippen molar-refractivity contribution in [3.8, 4) is 0 Å². The van der Waals surface area contributed by atoms with Gasteiger partial charge in [-0.2, -0.15) is 4.31 Å². The van der Waals surface area contributed by atoms with Crippen LogP contribution in [0, 0.1) is 0 Å². The molecular weight excluding hydrogens is 252 g/mol. The van der Waals surface area contributed by atoms with Crippen molar-refractivity contribution < 1.29 is 13.2 Å². The fourth-order valence-corrected chi connectivity index (χ4v) is 3.92. The molecule has 106 valence electrons. The number of nitrogens with zero attached hydrogens (tertiary/aromatic N) is 1. The predicted octanol–water partition coefficient (Wildman–Crippen LogP) is 0.566. The van der Waals surface area contributed by atoms with Gasteiger partial charge in [-0.1, -0.05) is 0 Å². The molecule has 2 aliphatic rings. The van der Waals surface area contributed by atoms with Crippen molar-refractivity contribution in [2.45, 2.75) is 56.5 Å². The molecular formula is C12H24N2O3S. The van der Waals surface area contributed by atoms with Gasteiger partial charge in [-0.3, -0.25) is 0 Å². The Morgan fingerprint density at radius 2 is 2.06 bits per heavy atom. The number of likely N-dealkylation sites (N-methyl/N-ethyl adjacent to an activating group) is 1. The van der Waals surface area contributed by atoms with Gasteiger partial charge in [0, 0.05) is 26.2 Å². The molecule has 0 aromatic carbocycles. The lowest BCUT2D eigenvalue weighted by atomic mass is 10.2. The van der Waals surface area contributed by atoms with Crippen LogP contribution in [0.5, 0.6) is 0 Å². The molecule has 5 nitrogen and oxygen atoms in total. The molecule has 2 rings (SSSR count). The molecule has 1 N–H and O–H groups in total. The van der Waals surface area contributed by atoms with E-state index in [0.29, 0.717) is 19.2 Å². The molecule has 0 aromatic heterocycles. The minimum absolute atomic E-state index is 0.00614. The molecule has 0 amide bonds. The van der Waals surface area contributed by atoms with Crippen molar-refractivity contribution in [3.05, 3.63) is 0 Å². The molecule has 3 atom stereocenters. The lowest BCUT2D eigenvalue weighted by molar-refractivity contribution is 0.102. The third-order valence-corrected chi connectivity index (χ3v) is 6.24. The summed E-state index contributed by atoms with van der Waals surface area (Å²) in [5, 5.41) is 2.90. The van der Waals surface area contributed by atoms with E-state index >= 15 is 0 Å². The van der Waals surface area contributed by atoms with Crippen LogP contribution in [0.4, 0.5) is 0 Å². The highest BCUT2D eigenvalue weighted by atomic mass is 32.2. The summed E-state index contributed by atoms with van der Waals surface area (Å²) in [7, 11) is -1.55. The zero-order valence-electron chi connectivity index (χ0n) is 11.4. The number of rotatable bonds is 6. The van der Waals surface area contributed by atoms with E-state index in [1.165, 1.54) is 17.1 Å². The second-order valence-electron chi connectivity index (χ2n) is 5.49. The number of hydrogen-bond donors (Lipinski definition) is 1. The number of nitrogens with one attached hydrogen (secondary N) is 1. The highest BCUT2D eigenvalue weighted by Gasteiger charge is 2.37. The largest absolute Gasteiger partial charge is 0.377 e.